The minimum atomic E-state index is 0.171. The van der Waals surface area contributed by atoms with Gasteiger partial charge in [0, 0.05) is 12.8 Å². The summed E-state index contributed by atoms with van der Waals surface area (Å²) in [5.74, 6) is 0.400. The van der Waals surface area contributed by atoms with Gasteiger partial charge in [-0.15, -0.1) is 0 Å². The lowest BCUT2D eigenvalue weighted by Crippen LogP contribution is -2.27. The van der Waals surface area contributed by atoms with E-state index in [2.05, 4.69) is 25.2 Å². The van der Waals surface area contributed by atoms with E-state index in [1.54, 1.807) is 0 Å². The van der Waals surface area contributed by atoms with Crippen molar-refractivity contribution in [1.29, 1.82) is 0 Å². The average molecular weight is 162 g/mol. The molecule has 0 N–H and O–H groups in total. The van der Waals surface area contributed by atoms with Crippen LogP contribution in [0.2, 0.25) is 0 Å². The van der Waals surface area contributed by atoms with Crippen molar-refractivity contribution < 1.29 is 4.79 Å². The van der Waals surface area contributed by atoms with Crippen LogP contribution in [0.5, 0.6) is 0 Å². The Morgan fingerprint density at radius 2 is 2.33 bits per heavy atom. The number of rotatable bonds is 0. The van der Waals surface area contributed by atoms with Crippen molar-refractivity contribution in [3.8, 4) is 0 Å². The molecule has 0 fully saturated rings. The van der Waals surface area contributed by atoms with Crippen LogP contribution in [0.4, 0.5) is 0 Å². The molecule has 2 aliphatic rings. The van der Waals surface area contributed by atoms with Gasteiger partial charge in [0.1, 0.15) is 5.78 Å². The zero-order valence-electron chi connectivity index (χ0n) is 7.47. The number of hydrogen-bond donors (Lipinski definition) is 0. The van der Waals surface area contributed by atoms with Crippen molar-refractivity contribution in [2.45, 2.75) is 32.6 Å². The Balaban J connectivity index is 2.37. The fourth-order valence-electron chi connectivity index (χ4n) is 2.19. The number of carbonyl (C=O) groups excluding carboxylic acids is 1. The van der Waals surface area contributed by atoms with Crippen molar-refractivity contribution in [1.82, 2.24) is 0 Å². The molecule has 1 heteroatoms. The first-order valence-corrected chi connectivity index (χ1v) is 4.60. The third kappa shape index (κ3) is 1.13. The summed E-state index contributed by atoms with van der Waals surface area (Å²) in [5.41, 5.74) is 1.55. The second-order valence-corrected chi connectivity index (χ2v) is 4.08. The van der Waals surface area contributed by atoms with Crippen LogP contribution in [0.25, 0.3) is 0 Å². The maximum atomic E-state index is 11.3. The van der Waals surface area contributed by atoms with Crippen LogP contribution in [-0.4, -0.2) is 5.78 Å². The van der Waals surface area contributed by atoms with Crippen molar-refractivity contribution in [2.24, 2.45) is 5.41 Å². The van der Waals surface area contributed by atoms with Gasteiger partial charge in [-0.2, -0.15) is 0 Å². The van der Waals surface area contributed by atoms with Gasteiger partial charge in [0.25, 0.3) is 0 Å². The zero-order valence-corrected chi connectivity index (χ0v) is 7.47. The van der Waals surface area contributed by atoms with Crippen LogP contribution in [0, 0.1) is 5.41 Å². The molecule has 0 aromatic heterocycles. The van der Waals surface area contributed by atoms with Gasteiger partial charge >= 0.3 is 0 Å². The first-order chi connectivity index (χ1) is 5.71. The molecule has 0 radical (unpaired) electrons. The predicted molar refractivity (Wildman–Crippen MR) is 48.8 cm³/mol. The highest BCUT2D eigenvalue weighted by molar-refractivity contribution is 5.83. The van der Waals surface area contributed by atoms with Gasteiger partial charge in [-0.05, 0) is 23.8 Å². The summed E-state index contributed by atoms with van der Waals surface area (Å²) in [6.45, 7) is 2.21. The lowest BCUT2D eigenvalue weighted by atomic mass is 9.68. The van der Waals surface area contributed by atoms with Crippen molar-refractivity contribution in [3.05, 3.63) is 23.8 Å². The fourth-order valence-corrected chi connectivity index (χ4v) is 2.19. The maximum Gasteiger partial charge on any atom is 0.137 e. The van der Waals surface area contributed by atoms with Crippen LogP contribution >= 0.6 is 0 Å². The van der Waals surface area contributed by atoms with E-state index in [9.17, 15) is 4.79 Å². The lowest BCUT2D eigenvalue weighted by Gasteiger charge is -2.35. The van der Waals surface area contributed by atoms with Gasteiger partial charge in [0.2, 0.25) is 0 Å². The van der Waals surface area contributed by atoms with Gasteiger partial charge in [-0.3, -0.25) is 4.79 Å². The van der Waals surface area contributed by atoms with E-state index in [1.807, 2.05) is 0 Å². The highest BCUT2D eigenvalue weighted by atomic mass is 16.1. The summed E-state index contributed by atoms with van der Waals surface area (Å²) < 4.78 is 0. The Morgan fingerprint density at radius 1 is 1.50 bits per heavy atom. The largest absolute Gasteiger partial charge is 0.299 e. The van der Waals surface area contributed by atoms with Crippen molar-refractivity contribution in [2.75, 3.05) is 0 Å². The molecule has 2 rings (SSSR count). The summed E-state index contributed by atoms with van der Waals surface area (Å²) in [4.78, 5) is 11.3. The number of carbonyl (C=O) groups is 1. The van der Waals surface area contributed by atoms with Crippen LogP contribution in [0.3, 0.4) is 0 Å². The molecule has 0 aliphatic heterocycles. The van der Waals surface area contributed by atoms with Gasteiger partial charge in [0.15, 0.2) is 0 Å². The highest BCUT2D eigenvalue weighted by Crippen LogP contribution is 2.42. The van der Waals surface area contributed by atoms with E-state index in [0.717, 1.165) is 19.3 Å². The third-order valence-corrected chi connectivity index (χ3v) is 2.99. The van der Waals surface area contributed by atoms with Crippen LogP contribution in [-0.2, 0) is 4.79 Å². The Kier molecular flexibility index (Phi) is 1.67. The number of fused-ring (bicyclic) bond motifs is 1. The first-order valence-electron chi connectivity index (χ1n) is 4.60. The molecule has 1 nitrogen and oxygen atoms in total. The Labute approximate surface area is 73.2 Å². The van der Waals surface area contributed by atoms with E-state index in [-0.39, 0.29) is 5.41 Å². The van der Waals surface area contributed by atoms with Crippen molar-refractivity contribution >= 4 is 5.78 Å². The summed E-state index contributed by atoms with van der Waals surface area (Å²) in [7, 11) is 0. The third-order valence-electron chi connectivity index (χ3n) is 2.99. The molecule has 0 aromatic carbocycles. The number of ketones is 1. The number of allylic oxidation sites excluding steroid dienone is 4. The molecule has 0 saturated carbocycles. The molecule has 1 atom stereocenters. The second-order valence-electron chi connectivity index (χ2n) is 4.08. The summed E-state index contributed by atoms with van der Waals surface area (Å²) in [5, 5.41) is 0. The molecule has 0 heterocycles. The van der Waals surface area contributed by atoms with E-state index in [4.69, 9.17) is 0 Å². The van der Waals surface area contributed by atoms with Crippen LogP contribution in [0.1, 0.15) is 32.6 Å². The smallest absolute Gasteiger partial charge is 0.137 e. The van der Waals surface area contributed by atoms with Gasteiger partial charge < -0.3 is 0 Å². The van der Waals surface area contributed by atoms with Crippen LogP contribution < -0.4 is 0 Å². The molecule has 0 spiro atoms. The molecule has 1 unspecified atom stereocenters. The molecule has 0 amide bonds. The topological polar surface area (TPSA) is 17.1 Å². The minimum absolute atomic E-state index is 0.171. The normalized spacial score (nSPS) is 34.4. The van der Waals surface area contributed by atoms with Crippen molar-refractivity contribution in [3.63, 3.8) is 0 Å². The number of hydrogen-bond acceptors (Lipinski definition) is 1. The first kappa shape index (κ1) is 7.78. The highest BCUT2D eigenvalue weighted by Gasteiger charge is 2.33. The summed E-state index contributed by atoms with van der Waals surface area (Å²) in [6, 6.07) is 0. The quantitative estimate of drug-likeness (QED) is 0.535. The SMILES string of the molecule is CC12CCC=CC1=CCC(=O)C2. The Morgan fingerprint density at radius 3 is 3.17 bits per heavy atom. The van der Waals surface area contributed by atoms with E-state index >= 15 is 0 Å². The molecular formula is C11H14O. The standard InChI is InChI=1S/C11H14O/c1-11-7-3-2-4-9(11)5-6-10(12)8-11/h2,4-5H,3,6-8H2,1H3. The zero-order chi connectivity index (χ0) is 8.60. The van der Waals surface area contributed by atoms with Gasteiger partial charge in [-0.25, -0.2) is 0 Å². The molecule has 64 valence electrons. The molecule has 0 aromatic rings. The van der Waals surface area contributed by atoms with Gasteiger partial charge in [-0.1, -0.05) is 25.2 Å². The van der Waals surface area contributed by atoms with E-state index < -0.39 is 0 Å². The monoisotopic (exact) mass is 162 g/mol. The summed E-state index contributed by atoms with van der Waals surface area (Å²) in [6.07, 6.45) is 10.2. The number of Topliss-reactive ketones (excluding diaryl/α,β-unsaturated/α-hetero) is 1. The second kappa shape index (κ2) is 2.58. The van der Waals surface area contributed by atoms with E-state index in [0.29, 0.717) is 12.2 Å². The maximum absolute atomic E-state index is 11.3. The molecule has 12 heavy (non-hydrogen) atoms. The fraction of sp³-hybridized carbons (Fsp3) is 0.545. The van der Waals surface area contributed by atoms with E-state index in [1.165, 1.54) is 5.57 Å². The molecular weight excluding hydrogens is 148 g/mol. The Bertz CT molecular complexity index is 273. The minimum Gasteiger partial charge on any atom is -0.299 e. The molecule has 0 bridgehead atoms. The van der Waals surface area contributed by atoms with Crippen LogP contribution in [0.15, 0.2) is 23.8 Å². The van der Waals surface area contributed by atoms with Gasteiger partial charge in [0.05, 0.1) is 0 Å². The lowest BCUT2D eigenvalue weighted by molar-refractivity contribution is -0.120. The molecule has 2 aliphatic carbocycles. The molecule has 0 saturated heterocycles. The Hall–Kier alpha value is -0.850. The predicted octanol–water partition coefficient (Wildman–Crippen LogP) is 2.63. The average Bonchev–Trinajstić information content (AvgIpc) is 2.02. The summed E-state index contributed by atoms with van der Waals surface area (Å²) >= 11 is 0.